The van der Waals surface area contributed by atoms with Gasteiger partial charge in [0.2, 0.25) is 0 Å². The van der Waals surface area contributed by atoms with Gasteiger partial charge in [0.05, 0.1) is 6.42 Å². The van der Waals surface area contributed by atoms with Gasteiger partial charge in [0.25, 0.3) is 11.8 Å². The normalized spacial score (nSPS) is 10.9. The van der Waals surface area contributed by atoms with Gasteiger partial charge in [0.1, 0.15) is 0 Å². The van der Waals surface area contributed by atoms with Crippen LogP contribution in [0.1, 0.15) is 38.3 Å². The number of aliphatic carboxylic acids is 1. The number of carboxylic acids is 1. The van der Waals surface area contributed by atoms with Crippen molar-refractivity contribution in [2.24, 2.45) is 0 Å². The minimum absolute atomic E-state index is 0.0730. The molecular formula is C35H38N4O4. The second-order valence-electron chi connectivity index (χ2n) is 10.6. The highest BCUT2D eigenvalue weighted by atomic mass is 16.4. The van der Waals surface area contributed by atoms with E-state index >= 15 is 0 Å². The van der Waals surface area contributed by atoms with E-state index in [4.69, 9.17) is 0 Å². The molecule has 0 atom stereocenters. The Morgan fingerprint density at radius 2 is 1.19 bits per heavy atom. The molecule has 0 radical (unpaired) electrons. The SMILES string of the molecule is CN(C)CCN(Cc1ccccc1)C(=O)c1ccccc1-c1ccccc1C(=O)N(CCC(=O)O)CCc1ccncc1. The van der Waals surface area contributed by atoms with E-state index in [0.29, 0.717) is 54.9 Å². The zero-order valence-electron chi connectivity index (χ0n) is 24.7. The van der Waals surface area contributed by atoms with E-state index in [1.165, 1.54) is 0 Å². The van der Waals surface area contributed by atoms with E-state index in [2.05, 4.69) is 4.98 Å². The summed E-state index contributed by atoms with van der Waals surface area (Å²) in [7, 11) is 3.96. The first-order chi connectivity index (χ1) is 20.8. The molecule has 222 valence electrons. The van der Waals surface area contributed by atoms with Crippen LogP contribution in [0.25, 0.3) is 11.1 Å². The van der Waals surface area contributed by atoms with E-state index < -0.39 is 5.97 Å². The van der Waals surface area contributed by atoms with Crippen molar-refractivity contribution < 1.29 is 19.5 Å². The van der Waals surface area contributed by atoms with Crippen LogP contribution < -0.4 is 0 Å². The number of carboxylic acid groups (broad SMARTS) is 1. The van der Waals surface area contributed by atoms with Crippen molar-refractivity contribution in [1.82, 2.24) is 19.7 Å². The van der Waals surface area contributed by atoms with Gasteiger partial charge in [-0.15, -0.1) is 0 Å². The molecule has 4 rings (SSSR count). The van der Waals surface area contributed by atoms with E-state index in [9.17, 15) is 19.5 Å². The number of aromatic nitrogens is 1. The van der Waals surface area contributed by atoms with Crippen LogP contribution in [0.2, 0.25) is 0 Å². The fourth-order valence-corrected chi connectivity index (χ4v) is 4.89. The van der Waals surface area contributed by atoms with Gasteiger partial charge in [-0.1, -0.05) is 66.7 Å². The first-order valence-corrected chi connectivity index (χ1v) is 14.4. The molecule has 0 spiro atoms. The molecule has 0 aliphatic heterocycles. The average molecular weight is 579 g/mol. The number of pyridine rings is 1. The number of amides is 2. The summed E-state index contributed by atoms with van der Waals surface area (Å²) in [6.07, 6.45) is 3.79. The van der Waals surface area contributed by atoms with E-state index in [1.54, 1.807) is 35.5 Å². The predicted molar refractivity (Wildman–Crippen MR) is 168 cm³/mol. The highest BCUT2D eigenvalue weighted by Gasteiger charge is 2.24. The van der Waals surface area contributed by atoms with Crippen LogP contribution in [0, 0.1) is 0 Å². The smallest absolute Gasteiger partial charge is 0.305 e. The van der Waals surface area contributed by atoms with Crippen LogP contribution in [0.3, 0.4) is 0 Å². The van der Waals surface area contributed by atoms with Crippen molar-refractivity contribution in [3.8, 4) is 11.1 Å². The summed E-state index contributed by atoms with van der Waals surface area (Å²) in [5, 5.41) is 9.37. The molecule has 0 saturated carbocycles. The van der Waals surface area contributed by atoms with Crippen molar-refractivity contribution in [2.45, 2.75) is 19.4 Å². The van der Waals surface area contributed by atoms with Gasteiger partial charge in [0, 0.05) is 56.2 Å². The van der Waals surface area contributed by atoms with Gasteiger partial charge in [0.15, 0.2) is 0 Å². The number of hydrogen-bond donors (Lipinski definition) is 1. The molecule has 2 amide bonds. The monoisotopic (exact) mass is 578 g/mol. The lowest BCUT2D eigenvalue weighted by Gasteiger charge is -2.26. The van der Waals surface area contributed by atoms with Gasteiger partial charge in [-0.25, -0.2) is 0 Å². The Bertz CT molecular complexity index is 1510. The molecule has 8 nitrogen and oxygen atoms in total. The molecule has 1 aromatic heterocycles. The molecule has 0 saturated heterocycles. The standard InChI is InChI=1S/C35H38N4O4/c1-37(2)24-25-39(26-28-10-4-3-5-11-28)35(43)32-15-9-7-13-30(32)29-12-6-8-14-31(29)34(42)38(23-19-33(40)41)22-18-27-16-20-36-21-17-27/h3-17,20-21H,18-19,22-26H2,1-2H3,(H,40,41). The van der Waals surface area contributed by atoms with Crippen LogP contribution in [0.4, 0.5) is 0 Å². The second kappa shape index (κ2) is 15.4. The fourth-order valence-electron chi connectivity index (χ4n) is 4.89. The third kappa shape index (κ3) is 8.83. The van der Waals surface area contributed by atoms with Crippen molar-refractivity contribution in [1.29, 1.82) is 0 Å². The Morgan fingerprint density at radius 1 is 0.628 bits per heavy atom. The topological polar surface area (TPSA) is 94.1 Å². The molecule has 43 heavy (non-hydrogen) atoms. The number of likely N-dealkylation sites (N-methyl/N-ethyl adjacent to an activating group) is 1. The van der Waals surface area contributed by atoms with Crippen LogP contribution in [0.15, 0.2) is 103 Å². The Balaban J connectivity index is 1.67. The van der Waals surface area contributed by atoms with Crippen molar-refractivity contribution in [3.05, 3.63) is 126 Å². The highest BCUT2D eigenvalue weighted by Crippen LogP contribution is 2.29. The number of benzene rings is 3. The van der Waals surface area contributed by atoms with Gasteiger partial charge >= 0.3 is 5.97 Å². The molecule has 0 aliphatic rings. The molecule has 1 N–H and O–H groups in total. The summed E-state index contributed by atoms with van der Waals surface area (Å²) in [6, 6.07) is 28.3. The minimum Gasteiger partial charge on any atom is -0.481 e. The van der Waals surface area contributed by atoms with Gasteiger partial charge in [-0.2, -0.15) is 0 Å². The van der Waals surface area contributed by atoms with E-state index in [0.717, 1.165) is 11.1 Å². The maximum atomic E-state index is 14.1. The van der Waals surface area contributed by atoms with Gasteiger partial charge in [-0.3, -0.25) is 19.4 Å². The summed E-state index contributed by atoms with van der Waals surface area (Å²) >= 11 is 0. The third-order valence-corrected chi connectivity index (χ3v) is 7.23. The van der Waals surface area contributed by atoms with Crippen molar-refractivity contribution in [2.75, 3.05) is 40.3 Å². The lowest BCUT2D eigenvalue weighted by atomic mass is 9.93. The molecule has 0 aliphatic carbocycles. The molecule has 0 unspecified atom stereocenters. The van der Waals surface area contributed by atoms with Crippen LogP contribution >= 0.6 is 0 Å². The zero-order chi connectivity index (χ0) is 30.6. The van der Waals surface area contributed by atoms with Crippen molar-refractivity contribution >= 4 is 17.8 Å². The highest BCUT2D eigenvalue weighted by molar-refractivity contribution is 6.06. The Labute approximate surface area is 253 Å². The van der Waals surface area contributed by atoms with E-state index in [1.807, 2.05) is 96.7 Å². The number of nitrogens with zero attached hydrogens (tertiary/aromatic N) is 4. The summed E-state index contributed by atoms with van der Waals surface area (Å²) in [5.74, 6) is -1.37. The third-order valence-electron chi connectivity index (χ3n) is 7.23. The Morgan fingerprint density at radius 3 is 1.77 bits per heavy atom. The number of rotatable bonds is 14. The molecule has 0 fully saturated rings. The number of hydrogen-bond acceptors (Lipinski definition) is 5. The van der Waals surface area contributed by atoms with Crippen LogP contribution in [0.5, 0.6) is 0 Å². The van der Waals surface area contributed by atoms with Crippen molar-refractivity contribution in [3.63, 3.8) is 0 Å². The zero-order valence-corrected chi connectivity index (χ0v) is 24.7. The quantitative estimate of drug-likeness (QED) is 0.224. The summed E-state index contributed by atoms with van der Waals surface area (Å²) in [5.41, 5.74) is 4.26. The first-order valence-electron chi connectivity index (χ1n) is 14.4. The molecule has 4 aromatic rings. The van der Waals surface area contributed by atoms with Crippen LogP contribution in [-0.2, 0) is 17.8 Å². The van der Waals surface area contributed by atoms with Gasteiger partial charge < -0.3 is 19.8 Å². The molecule has 1 heterocycles. The average Bonchev–Trinajstić information content (AvgIpc) is 3.03. The number of carbonyl (C=O) groups is 3. The predicted octanol–water partition coefficient (Wildman–Crippen LogP) is 5.11. The summed E-state index contributed by atoms with van der Waals surface area (Å²) in [4.78, 5) is 49.1. The summed E-state index contributed by atoms with van der Waals surface area (Å²) < 4.78 is 0. The summed E-state index contributed by atoms with van der Waals surface area (Å²) in [6.45, 7) is 2.11. The molecular weight excluding hydrogens is 540 g/mol. The second-order valence-corrected chi connectivity index (χ2v) is 10.6. The molecule has 3 aromatic carbocycles. The Kier molecular flexibility index (Phi) is 11.2. The molecule has 0 bridgehead atoms. The maximum absolute atomic E-state index is 14.1. The maximum Gasteiger partial charge on any atom is 0.305 e. The van der Waals surface area contributed by atoms with E-state index in [-0.39, 0.29) is 24.8 Å². The largest absolute Gasteiger partial charge is 0.481 e. The Hall–Kier alpha value is -4.82. The lowest BCUT2D eigenvalue weighted by molar-refractivity contribution is -0.137. The van der Waals surface area contributed by atoms with Crippen LogP contribution in [-0.4, -0.2) is 82.8 Å². The first kappa shape index (κ1) is 31.1. The lowest BCUT2D eigenvalue weighted by Crippen LogP contribution is -2.36. The van der Waals surface area contributed by atoms with Gasteiger partial charge in [-0.05, 0) is 67.0 Å². The fraction of sp³-hybridized carbons (Fsp3) is 0.257. The minimum atomic E-state index is -0.970. The number of carbonyl (C=O) groups excluding carboxylic acids is 2. The molecule has 8 heteroatoms.